The van der Waals surface area contributed by atoms with Crippen molar-refractivity contribution in [3.05, 3.63) is 65.2 Å². The summed E-state index contributed by atoms with van der Waals surface area (Å²) in [6.45, 7) is 6.47. The maximum Gasteiger partial charge on any atom is 0.322 e. The maximum atomic E-state index is 13.8. The van der Waals surface area contributed by atoms with E-state index in [1.165, 1.54) is 75.7 Å². The third-order valence-corrected chi connectivity index (χ3v) is 8.91. The Labute approximate surface area is 252 Å². The molecule has 2 aromatic rings. The van der Waals surface area contributed by atoms with Gasteiger partial charge in [-0.2, -0.15) is 0 Å². The van der Waals surface area contributed by atoms with E-state index in [0.29, 0.717) is 25.0 Å². The summed E-state index contributed by atoms with van der Waals surface area (Å²) in [7, 11) is 0. The summed E-state index contributed by atoms with van der Waals surface area (Å²) in [5.74, 6) is -0.718. The fraction of sp³-hybridized carbons (Fsp3) is 0.600. The molecule has 2 atom stereocenters. The lowest BCUT2D eigenvalue weighted by Gasteiger charge is -2.37. The van der Waals surface area contributed by atoms with Gasteiger partial charge in [0.15, 0.2) is 0 Å². The highest BCUT2D eigenvalue weighted by atomic mass is 16.5. The van der Waals surface area contributed by atoms with Crippen molar-refractivity contribution in [1.82, 2.24) is 10.4 Å². The average molecular weight is 580 g/mol. The highest BCUT2D eigenvalue weighted by Crippen LogP contribution is 2.51. The van der Waals surface area contributed by atoms with Crippen molar-refractivity contribution in [2.24, 2.45) is 0 Å². The van der Waals surface area contributed by atoms with E-state index in [1.807, 2.05) is 38.1 Å². The fourth-order valence-corrected chi connectivity index (χ4v) is 6.04. The number of ether oxygens (including phenoxy) is 1. The molecule has 1 saturated heterocycles. The molecule has 0 bridgehead atoms. The van der Waals surface area contributed by atoms with E-state index in [0.717, 1.165) is 23.3 Å². The molecule has 1 radical (unpaired) electrons. The summed E-state index contributed by atoms with van der Waals surface area (Å²) in [5, 5.41) is 26.1. The molecule has 1 aliphatic heterocycles. The first-order valence-electron chi connectivity index (χ1n) is 16.0. The summed E-state index contributed by atoms with van der Waals surface area (Å²) >= 11 is 0. The van der Waals surface area contributed by atoms with Crippen molar-refractivity contribution >= 4 is 11.9 Å². The second-order valence-electron chi connectivity index (χ2n) is 12.3. The molecular weight excluding hydrogens is 528 g/mol. The second kappa shape index (κ2) is 16.7. The van der Waals surface area contributed by atoms with Crippen LogP contribution in [0.4, 0.5) is 0 Å². The fourth-order valence-electron chi connectivity index (χ4n) is 6.04. The lowest BCUT2D eigenvalue weighted by Crippen LogP contribution is -2.44. The number of hydrogen-bond donors (Lipinski definition) is 2. The Balaban J connectivity index is 1.41. The van der Waals surface area contributed by atoms with Crippen LogP contribution in [0.2, 0.25) is 0 Å². The topological polar surface area (TPSA) is 98.8 Å². The Morgan fingerprint density at radius 1 is 0.762 bits per heavy atom. The Kier molecular flexibility index (Phi) is 13.3. The molecule has 3 rings (SSSR count). The van der Waals surface area contributed by atoms with E-state index in [2.05, 4.69) is 12.2 Å². The number of rotatable bonds is 19. The molecule has 1 heterocycles. The van der Waals surface area contributed by atoms with Crippen LogP contribution in [0, 0.1) is 0 Å². The van der Waals surface area contributed by atoms with Gasteiger partial charge in [0.25, 0.3) is 5.91 Å². The summed E-state index contributed by atoms with van der Waals surface area (Å²) < 4.78 is 5.99. The highest BCUT2D eigenvalue weighted by molar-refractivity contribution is 5.95. The van der Waals surface area contributed by atoms with Crippen LogP contribution >= 0.6 is 0 Å². The standard InChI is InChI=1S/C35H51N2O5/c1-4-5-6-7-8-9-10-11-12-13-14-15-26-42-31-22-20-30(21-23-31)35(3)25-24-34(2,37(35)41)29-18-16-28(17-19-29)33(40)36-27-32(38)39/h16-23H,4-15,24-27H2,1-3H3,(H,36,40)(H,38,39)/t34-,35-/m0/s1. The first-order chi connectivity index (χ1) is 20.2. The molecule has 2 N–H and O–H groups in total. The van der Waals surface area contributed by atoms with Crippen LogP contribution in [0.3, 0.4) is 0 Å². The van der Waals surface area contributed by atoms with Gasteiger partial charge in [-0.25, -0.2) is 0 Å². The number of carboxylic acid groups (broad SMARTS) is 1. The minimum atomic E-state index is -1.10. The van der Waals surface area contributed by atoms with Gasteiger partial charge in [-0.1, -0.05) is 102 Å². The summed E-state index contributed by atoms with van der Waals surface area (Å²) in [6.07, 6.45) is 17.2. The van der Waals surface area contributed by atoms with Crippen LogP contribution in [0.1, 0.15) is 132 Å². The third kappa shape index (κ3) is 9.30. The Morgan fingerprint density at radius 2 is 1.21 bits per heavy atom. The minimum Gasteiger partial charge on any atom is -0.494 e. The Hall–Kier alpha value is -2.90. The number of amides is 1. The van der Waals surface area contributed by atoms with E-state index in [4.69, 9.17) is 9.84 Å². The van der Waals surface area contributed by atoms with Crippen molar-refractivity contribution in [1.29, 1.82) is 0 Å². The molecular formula is C35H51N2O5. The third-order valence-electron chi connectivity index (χ3n) is 8.91. The Morgan fingerprint density at radius 3 is 1.69 bits per heavy atom. The van der Waals surface area contributed by atoms with Gasteiger partial charge in [0, 0.05) is 5.56 Å². The zero-order valence-electron chi connectivity index (χ0n) is 26.0. The van der Waals surface area contributed by atoms with Crippen LogP contribution in [-0.2, 0) is 21.1 Å². The zero-order chi connectivity index (χ0) is 30.4. The first-order valence-corrected chi connectivity index (χ1v) is 16.0. The number of aliphatic carboxylic acids is 1. The van der Waals surface area contributed by atoms with Gasteiger partial charge in [-0.3, -0.25) is 9.59 Å². The molecule has 42 heavy (non-hydrogen) atoms. The minimum absolute atomic E-state index is 0.362. The van der Waals surface area contributed by atoms with Crippen molar-refractivity contribution in [2.45, 2.75) is 122 Å². The van der Waals surface area contributed by atoms with Crippen molar-refractivity contribution in [2.75, 3.05) is 13.2 Å². The SMILES string of the molecule is CCCCCCCCCCCCCCOc1ccc([C@]2(C)CC[C@@](C)(c3ccc(C(=O)NCC(=O)O)cc3)N2[O])cc1. The van der Waals surface area contributed by atoms with Gasteiger partial charge in [-0.05, 0) is 68.5 Å². The van der Waals surface area contributed by atoms with Crippen LogP contribution in [0.5, 0.6) is 5.75 Å². The predicted octanol–water partition coefficient (Wildman–Crippen LogP) is 8.15. The molecule has 2 aromatic carbocycles. The Bertz CT molecular complexity index is 1100. The molecule has 0 saturated carbocycles. The number of hydroxylamine groups is 2. The average Bonchev–Trinajstić information content (AvgIpc) is 3.24. The molecule has 7 heteroatoms. The van der Waals surface area contributed by atoms with E-state index in [9.17, 15) is 14.8 Å². The first kappa shape index (κ1) is 33.6. The summed E-state index contributed by atoms with van der Waals surface area (Å²) in [6, 6.07) is 14.8. The largest absolute Gasteiger partial charge is 0.494 e. The number of carbonyl (C=O) groups excluding carboxylic acids is 1. The van der Waals surface area contributed by atoms with E-state index in [1.54, 1.807) is 24.3 Å². The van der Waals surface area contributed by atoms with Gasteiger partial charge in [0.05, 0.1) is 17.7 Å². The molecule has 231 valence electrons. The molecule has 1 aliphatic rings. The maximum absolute atomic E-state index is 13.8. The summed E-state index contributed by atoms with van der Waals surface area (Å²) in [5.41, 5.74) is 0.734. The molecule has 0 aliphatic carbocycles. The van der Waals surface area contributed by atoms with E-state index < -0.39 is 29.5 Å². The number of unbranched alkanes of at least 4 members (excludes halogenated alkanes) is 11. The molecule has 0 aromatic heterocycles. The summed E-state index contributed by atoms with van der Waals surface area (Å²) in [4.78, 5) is 22.9. The number of carboxylic acids is 1. The van der Waals surface area contributed by atoms with E-state index in [-0.39, 0.29) is 0 Å². The molecule has 0 unspecified atom stereocenters. The number of nitrogens with one attached hydrogen (secondary N) is 1. The van der Waals surface area contributed by atoms with Crippen molar-refractivity contribution in [3.63, 3.8) is 0 Å². The van der Waals surface area contributed by atoms with Gasteiger partial charge in [0.2, 0.25) is 0 Å². The van der Waals surface area contributed by atoms with Crippen molar-refractivity contribution < 1.29 is 24.6 Å². The van der Waals surface area contributed by atoms with Crippen LogP contribution in [0.15, 0.2) is 48.5 Å². The van der Waals surface area contributed by atoms with Gasteiger partial charge >= 0.3 is 5.97 Å². The zero-order valence-corrected chi connectivity index (χ0v) is 26.0. The van der Waals surface area contributed by atoms with Gasteiger partial charge in [0.1, 0.15) is 12.3 Å². The lowest BCUT2D eigenvalue weighted by molar-refractivity contribution is -0.260. The quantitative estimate of drug-likeness (QED) is 0.164. The lowest BCUT2D eigenvalue weighted by atomic mass is 9.89. The van der Waals surface area contributed by atoms with Crippen LogP contribution in [-0.4, -0.2) is 35.2 Å². The molecule has 1 fully saturated rings. The predicted molar refractivity (Wildman–Crippen MR) is 166 cm³/mol. The molecule has 0 spiro atoms. The molecule has 7 nitrogen and oxygen atoms in total. The number of carbonyl (C=O) groups is 2. The second-order valence-corrected chi connectivity index (χ2v) is 12.3. The smallest absolute Gasteiger partial charge is 0.322 e. The van der Waals surface area contributed by atoms with Crippen molar-refractivity contribution in [3.8, 4) is 5.75 Å². The number of benzene rings is 2. The number of hydrogen-bond acceptors (Lipinski definition) is 4. The van der Waals surface area contributed by atoms with Gasteiger partial charge in [-0.15, -0.1) is 10.3 Å². The van der Waals surface area contributed by atoms with Crippen LogP contribution in [0.25, 0.3) is 0 Å². The number of nitrogens with zero attached hydrogens (tertiary/aromatic N) is 1. The highest BCUT2D eigenvalue weighted by Gasteiger charge is 2.52. The normalized spacial score (nSPS) is 20.5. The monoisotopic (exact) mass is 579 g/mol. The molecule has 1 amide bonds. The van der Waals surface area contributed by atoms with Crippen LogP contribution < -0.4 is 10.1 Å². The van der Waals surface area contributed by atoms with Gasteiger partial charge < -0.3 is 15.2 Å². The van der Waals surface area contributed by atoms with E-state index >= 15 is 0 Å².